The Morgan fingerprint density at radius 3 is 3.00 bits per heavy atom. The summed E-state index contributed by atoms with van der Waals surface area (Å²) < 4.78 is 12.8. The van der Waals surface area contributed by atoms with Gasteiger partial charge in [-0.3, -0.25) is 0 Å². The predicted octanol–water partition coefficient (Wildman–Crippen LogP) is 3.21. The van der Waals surface area contributed by atoms with Crippen LogP contribution < -0.4 is 5.73 Å². The lowest BCUT2D eigenvalue weighted by molar-refractivity contribution is 0.624. The van der Waals surface area contributed by atoms with Crippen molar-refractivity contribution in [3.05, 3.63) is 42.7 Å². The van der Waals surface area contributed by atoms with Crippen LogP contribution >= 0.6 is 11.8 Å². The highest BCUT2D eigenvalue weighted by Gasteiger charge is 2.03. The average Bonchev–Trinajstić information content (AvgIpc) is 2.23. The van der Waals surface area contributed by atoms with E-state index in [2.05, 4.69) is 6.58 Å². The van der Waals surface area contributed by atoms with Crippen LogP contribution in [0.5, 0.6) is 0 Å². The summed E-state index contributed by atoms with van der Waals surface area (Å²) in [6, 6.07) is 6.74. The summed E-state index contributed by atoms with van der Waals surface area (Å²) in [5, 5.41) is 0. The zero-order chi connectivity index (χ0) is 11.1. The van der Waals surface area contributed by atoms with Crippen molar-refractivity contribution in [2.75, 3.05) is 5.75 Å². The topological polar surface area (TPSA) is 26.0 Å². The standard InChI is InChI=1S/C12H16FNS/c1-2-3-6-11(14)9-15-12-7-4-5-10(13)8-12/h2,4-5,7-8,11H,1,3,6,9,14H2. The molecule has 0 aliphatic carbocycles. The van der Waals surface area contributed by atoms with Crippen molar-refractivity contribution >= 4 is 11.8 Å². The molecule has 0 amide bonds. The molecule has 1 rings (SSSR count). The Morgan fingerprint density at radius 1 is 1.53 bits per heavy atom. The van der Waals surface area contributed by atoms with E-state index < -0.39 is 0 Å². The molecule has 0 radical (unpaired) electrons. The maximum atomic E-state index is 12.8. The minimum Gasteiger partial charge on any atom is -0.327 e. The maximum absolute atomic E-state index is 12.8. The van der Waals surface area contributed by atoms with Crippen LogP contribution in [0, 0.1) is 5.82 Å². The van der Waals surface area contributed by atoms with Gasteiger partial charge >= 0.3 is 0 Å². The maximum Gasteiger partial charge on any atom is 0.124 e. The second-order valence-corrected chi connectivity index (χ2v) is 4.49. The zero-order valence-electron chi connectivity index (χ0n) is 8.66. The fourth-order valence-electron chi connectivity index (χ4n) is 1.18. The highest BCUT2D eigenvalue weighted by atomic mass is 32.2. The minimum absolute atomic E-state index is 0.149. The van der Waals surface area contributed by atoms with Gasteiger partial charge in [0.1, 0.15) is 5.82 Å². The first-order chi connectivity index (χ1) is 7.22. The van der Waals surface area contributed by atoms with E-state index in [1.807, 2.05) is 12.1 Å². The molecule has 0 spiro atoms. The first-order valence-electron chi connectivity index (χ1n) is 4.97. The van der Waals surface area contributed by atoms with Gasteiger partial charge in [-0.05, 0) is 31.0 Å². The normalized spacial score (nSPS) is 12.4. The lowest BCUT2D eigenvalue weighted by atomic mass is 10.2. The molecule has 0 heterocycles. The fourth-order valence-corrected chi connectivity index (χ4v) is 2.12. The van der Waals surface area contributed by atoms with Gasteiger partial charge in [-0.15, -0.1) is 18.3 Å². The van der Waals surface area contributed by atoms with Crippen LogP contribution in [0.4, 0.5) is 4.39 Å². The van der Waals surface area contributed by atoms with E-state index in [1.54, 1.807) is 17.8 Å². The third-order valence-corrected chi connectivity index (χ3v) is 3.18. The van der Waals surface area contributed by atoms with Gasteiger partial charge in [0.15, 0.2) is 0 Å². The number of rotatable bonds is 6. The number of nitrogens with two attached hydrogens (primary N) is 1. The minimum atomic E-state index is -0.195. The van der Waals surface area contributed by atoms with Crippen molar-refractivity contribution in [3.8, 4) is 0 Å². The van der Waals surface area contributed by atoms with Crippen LogP contribution in [0.15, 0.2) is 41.8 Å². The molecule has 3 heteroatoms. The lowest BCUT2D eigenvalue weighted by Gasteiger charge is -2.09. The highest BCUT2D eigenvalue weighted by Crippen LogP contribution is 2.19. The van der Waals surface area contributed by atoms with Crippen LogP contribution in [0.2, 0.25) is 0 Å². The lowest BCUT2D eigenvalue weighted by Crippen LogP contribution is -2.22. The molecule has 1 unspecified atom stereocenters. The van der Waals surface area contributed by atoms with Gasteiger partial charge in [0.25, 0.3) is 0 Å². The molecule has 1 atom stereocenters. The fraction of sp³-hybridized carbons (Fsp3) is 0.333. The van der Waals surface area contributed by atoms with E-state index in [9.17, 15) is 4.39 Å². The number of thioether (sulfide) groups is 1. The molecule has 0 fully saturated rings. The smallest absolute Gasteiger partial charge is 0.124 e. The van der Waals surface area contributed by atoms with E-state index in [1.165, 1.54) is 12.1 Å². The van der Waals surface area contributed by atoms with E-state index in [0.29, 0.717) is 0 Å². The van der Waals surface area contributed by atoms with Crippen molar-refractivity contribution in [3.63, 3.8) is 0 Å². The van der Waals surface area contributed by atoms with Crippen molar-refractivity contribution in [1.82, 2.24) is 0 Å². The van der Waals surface area contributed by atoms with Crippen LogP contribution in [0.25, 0.3) is 0 Å². The SMILES string of the molecule is C=CCCC(N)CSc1cccc(F)c1. The van der Waals surface area contributed by atoms with Crippen LogP contribution in [0.3, 0.4) is 0 Å². The molecule has 1 aromatic carbocycles. The summed E-state index contributed by atoms with van der Waals surface area (Å²) >= 11 is 1.59. The first kappa shape index (κ1) is 12.3. The summed E-state index contributed by atoms with van der Waals surface area (Å²) in [7, 11) is 0. The Balaban J connectivity index is 2.33. The van der Waals surface area contributed by atoms with Crippen molar-refractivity contribution in [1.29, 1.82) is 0 Å². The monoisotopic (exact) mass is 225 g/mol. The second-order valence-electron chi connectivity index (χ2n) is 3.39. The average molecular weight is 225 g/mol. The van der Waals surface area contributed by atoms with Crippen LogP contribution in [-0.4, -0.2) is 11.8 Å². The summed E-state index contributed by atoms with van der Waals surface area (Å²) in [5.41, 5.74) is 5.88. The van der Waals surface area contributed by atoms with Crippen molar-refractivity contribution < 1.29 is 4.39 Å². The third-order valence-electron chi connectivity index (χ3n) is 2.00. The Morgan fingerprint density at radius 2 is 2.33 bits per heavy atom. The van der Waals surface area contributed by atoms with Gasteiger partial charge < -0.3 is 5.73 Å². The molecule has 1 aromatic rings. The molecule has 0 saturated carbocycles. The predicted molar refractivity (Wildman–Crippen MR) is 64.5 cm³/mol. The molecule has 82 valence electrons. The quantitative estimate of drug-likeness (QED) is 0.594. The first-order valence-corrected chi connectivity index (χ1v) is 5.96. The van der Waals surface area contributed by atoms with Gasteiger partial charge in [0.2, 0.25) is 0 Å². The van der Waals surface area contributed by atoms with Gasteiger partial charge in [-0.25, -0.2) is 4.39 Å². The van der Waals surface area contributed by atoms with E-state index >= 15 is 0 Å². The van der Waals surface area contributed by atoms with Crippen molar-refractivity contribution in [2.24, 2.45) is 5.73 Å². The molecule has 0 aromatic heterocycles. The van der Waals surface area contributed by atoms with Gasteiger partial charge in [0.05, 0.1) is 0 Å². The molecule has 2 N–H and O–H groups in total. The molecular formula is C12H16FNS. The van der Waals surface area contributed by atoms with E-state index in [-0.39, 0.29) is 11.9 Å². The highest BCUT2D eigenvalue weighted by molar-refractivity contribution is 7.99. The summed E-state index contributed by atoms with van der Waals surface area (Å²) in [5.74, 6) is 0.622. The van der Waals surface area contributed by atoms with E-state index in [4.69, 9.17) is 5.73 Å². The molecule has 0 aliphatic heterocycles. The number of hydrogen-bond donors (Lipinski definition) is 1. The van der Waals surface area contributed by atoms with Gasteiger partial charge in [-0.1, -0.05) is 12.1 Å². The summed E-state index contributed by atoms with van der Waals surface area (Å²) in [6.45, 7) is 3.65. The largest absolute Gasteiger partial charge is 0.327 e. The second kappa shape index (κ2) is 6.64. The molecule has 0 saturated heterocycles. The van der Waals surface area contributed by atoms with Crippen molar-refractivity contribution in [2.45, 2.75) is 23.8 Å². The number of halogens is 1. The molecule has 0 aliphatic rings. The molecule has 15 heavy (non-hydrogen) atoms. The summed E-state index contributed by atoms with van der Waals surface area (Å²) in [6.07, 6.45) is 3.74. The number of hydrogen-bond acceptors (Lipinski definition) is 2. The molecular weight excluding hydrogens is 209 g/mol. The van der Waals surface area contributed by atoms with Crippen LogP contribution in [0.1, 0.15) is 12.8 Å². The van der Waals surface area contributed by atoms with E-state index in [0.717, 1.165) is 23.5 Å². The molecule has 1 nitrogen and oxygen atoms in total. The van der Waals surface area contributed by atoms with Gasteiger partial charge in [-0.2, -0.15) is 0 Å². The number of benzene rings is 1. The Kier molecular flexibility index (Phi) is 5.43. The Bertz CT molecular complexity index is 314. The summed E-state index contributed by atoms with van der Waals surface area (Å²) in [4.78, 5) is 0.934. The number of allylic oxidation sites excluding steroid dienone is 1. The Hall–Kier alpha value is -0.800. The van der Waals surface area contributed by atoms with Gasteiger partial charge in [0, 0.05) is 16.7 Å². The van der Waals surface area contributed by atoms with Crippen LogP contribution in [-0.2, 0) is 0 Å². The third kappa shape index (κ3) is 5.00. The zero-order valence-corrected chi connectivity index (χ0v) is 9.47. The Labute approximate surface area is 94.6 Å². The molecule has 0 bridgehead atoms.